The molecular formula is C17H17O5P. The summed E-state index contributed by atoms with van der Waals surface area (Å²) in [6.07, 6.45) is 0. The average molecular weight is 332 g/mol. The van der Waals surface area contributed by atoms with Crippen LogP contribution < -0.4 is 0 Å². The van der Waals surface area contributed by atoms with E-state index in [1.807, 2.05) is 13.8 Å². The van der Waals surface area contributed by atoms with Crippen molar-refractivity contribution in [2.75, 3.05) is 0 Å². The summed E-state index contributed by atoms with van der Waals surface area (Å²) in [5, 5.41) is 0. The molecule has 23 heavy (non-hydrogen) atoms. The number of hydrogen-bond acceptors (Lipinski definition) is 4. The molecule has 1 unspecified atom stereocenters. The van der Waals surface area contributed by atoms with Crippen molar-refractivity contribution >= 4 is 19.1 Å². The van der Waals surface area contributed by atoms with Crippen LogP contribution in [0.3, 0.4) is 0 Å². The SMILES string of the molecule is Cc1ccc(C(=O)OP(=O)(O)C(=O)c2ccccc2C)cc1C. The van der Waals surface area contributed by atoms with E-state index in [4.69, 9.17) is 0 Å². The van der Waals surface area contributed by atoms with E-state index in [1.54, 1.807) is 37.3 Å². The van der Waals surface area contributed by atoms with E-state index < -0.39 is 19.1 Å². The van der Waals surface area contributed by atoms with Gasteiger partial charge in [-0.3, -0.25) is 4.79 Å². The highest BCUT2D eigenvalue weighted by atomic mass is 31.2. The minimum atomic E-state index is -4.77. The zero-order valence-electron chi connectivity index (χ0n) is 13.1. The Morgan fingerprint density at radius 1 is 0.957 bits per heavy atom. The molecule has 0 aliphatic rings. The Morgan fingerprint density at radius 2 is 1.61 bits per heavy atom. The molecule has 0 fully saturated rings. The van der Waals surface area contributed by atoms with Crippen LogP contribution in [0, 0.1) is 20.8 Å². The zero-order chi connectivity index (χ0) is 17.2. The lowest BCUT2D eigenvalue weighted by Gasteiger charge is -2.12. The lowest BCUT2D eigenvalue weighted by molar-refractivity contribution is 0.0700. The van der Waals surface area contributed by atoms with Gasteiger partial charge in [-0.2, -0.15) is 0 Å². The summed E-state index contributed by atoms with van der Waals surface area (Å²) in [6, 6.07) is 11.1. The standard InChI is InChI=1S/C17H17O5P/c1-11-8-9-14(10-13(11)3)16(18)22-23(20,21)17(19)15-7-5-4-6-12(15)2/h4-10H,1-3H3,(H,20,21). The topological polar surface area (TPSA) is 80.7 Å². The highest BCUT2D eigenvalue weighted by Crippen LogP contribution is 2.46. The van der Waals surface area contributed by atoms with Crippen molar-refractivity contribution < 1.29 is 23.6 Å². The summed E-state index contributed by atoms with van der Waals surface area (Å²) in [4.78, 5) is 34.1. The van der Waals surface area contributed by atoms with Crippen LogP contribution >= 0.6 is 7.60 Å². The van der Waals surface area contributed by atoms with Gasteiger partial charge in [0.1, 0.15) is 0 Å². The summed E-state index contributed by atoms with van der Waals surface area (Å²) in [5.74, 6) is -0.999. The maximum Gasteiger partial charge on any atom is 0.451 e. The van der Waals surface area contributed by atoms with Gasteiger partial charge >= 0.3 is 13.6 Å². The van der Waals surface area contributed by atoms with Crippen molar-refractivity contribution in [3.05, 3.63) is 70.3 Å². The van der Waals surface area contributed by atoms with Crippen LogP contribution in [0.4, 0.5) is 0 Å². The lowest BCUT2D eigenvalue weighted by atomic mass is 10.1. The largest absolute Gasteiger partial charge is 0.451 e. The number of carbonyl (C=O) groups is 2. The number of carbonyl (C=O) groups excluding carboxylic acids is 2. The molecule has 0 bridgehead atoms. The second-order valence-electron chi connectivity index (χ2n) is 5.32. The van der Waals surface area contributed by atoms with Crippen molar-refractivity contribution in [2.45, 2.75) is 20.8 Å². The van der Waals surface area contributed by atoms with Crippen LogP contribution in [0.15, 0.2) is 42.5 Å². The first-order valence-corrected chi connectivity index (χ1v) is 8.54. The summed E-state index contributed by atoms with van der Waals surface area (Å²) >= 11 is 0. The minimum absolute atomic E-state index is 0.0613. The molecule has 0 radical (unpaired) electrons. The third-order valence-corrected chi connectivity index (χ3v) is 4.75. The maximum atomic E-state index is 12.2. The Labute approximate surface area is 134 Å². The second kappa shape index (κ2) is 6.49. The monoisotopic (exact) mass is 332 g/mol. The highest BCUT2D eigenvalue weighted by molar-refractivity contribution is 7.72. The van der Waals surface area contributed by atoms with Gasteiger partial charge in [-0.15, -0.1) is 0 Å². The van der Waals surface area contributed by atoms with Gasteiger partial charge in [0.15, 0.2) is 0 Å². The third-order valence-electron chi connectivity index (χ3n) is 3.58. The Morgan fingerprint density at radius 3 is 2.22 bits per heavy atom. The van der Waals surface area contributed by atoms with Gasteiger partial charge in [0.2, 0.25) is 0 Å². The van der Waals surface area contributed by atoms with E-state index in [0.29, 0.717) is 5.56 Å². The van der Waals surface area contributed by atoms with Gasteiger partial charge in [0.05, 0.1) is 5.56 Å². The van der Waals surface area contributed by atoms with Crippen molar-refractivity contribution in [1.29, 1.82) is 0 Å². The van der Waals surface area contributed by atoms with Gasteiger partial charge in [-0.05, 0) is 49.6 Å². The molecule has 5 nitrogen and oxygen atoms in total. The summed E-state index contributed by atoms with van der Waals surface area (Å²) in [5.41, 5.74) is 1.45. The molecule has 2 aromatic rings. The van der Waals surface area contributed by atoms with E-state index in [1.165, 1.54) is 12.1 Å². The minimum Gasteiger partial charge on any atom is -0.383 e. The average Bonchev–Trinajstić information content (AvgIpc) is 2.49. The normalized spacial score (nSPS) is 13.2. The molecule has 2 aromatic carbocycles. The van der Waals surface area contributed by atoms with E-state index in [2.05, 4.69) is 4.52 Å². The Bertz CT molecular complexity index is 825. The first-order chi connectivity index (χ1) is 10.7. The number of benzene rings is 2. The molecule has 0 aromatic heterocycles. The van der Waals surface area contributed by atoms with Crippen molar-refractivity contribution in [1.82, 2.24) is 0 Å². The van der Waals surface area contributed by atoms with E-state index in [9.17, 15) is 19.0 Å². The fourth-order valence-electron chi connectivity index (χ4n) is 2.04. The molecule has 0 saturated heterocycles. The van der Waals surface area contributed by atoms with Gasteiger partial charge in [0, 0.05) is 5.56 Å². The van der Waals surface area contributed by atoms with Crippen LogP contribution in [0.25, 0.3) is 0 Å². The highest BCUT2D eigenvalue weighted by Gasteiger charge is 2.36. The Balaban J connectivity index is 2.25. The van der Waals surface area contributed by atoms with E-state index in [0.717, 1.165) is 11.1 Å². The van der Waals surface area contributed by atoms with Crippen LogP contribution in [-0.4, -0.2) is 16.4 Å². The molecule has 1 atom stereocenters. The quantitative estimate of drug-likeness (QED) is 0.862. The van der Waals surface area contributed by atoms with Crippen molar-refractivity contribution in [3.8, 4) is 0 Å². The molecule has 0 saturated carbocycles. The fourth-order valence-corrected chi connectivity index (χ4v) is 3.01. The van der Waals surface area contributed by atoms with Crippen molar-refractivity contribution in [3.63, 3.8) is 0 Å². The summed E-state index contributed by atoms with van der Waals surface area (Å²) in [7, 11) is -4.77. The summed E-state index contributed by atoms with van der Waals surface area (Å²) < 4.78 is 16.8. The Hall–Kier alpha value is -2.23. The van der Waals surface area contributed by atoms with E-state index in [-0.39, 0.29) is 11.1 Å². The van der Waals surface area contributed by atoms with E-state index >= 15 is 0 Å². The maximum absolute atomic E-state index is 12.2. The smallest absolute Gasteiger partial charge is 0.383 e. The molecule has 0 spiro atoms. The number of rotatable bonds is 4. The van der Waals surface area contributed by atoms with Gasteiger partial charge in [-0.1, -0.05) is 30.3 Å². The fraction of sp³-hybridized carbons (Fsp3) is 0.176. The van der Waals surface area contributed by atoms with Crippen LogP contribution in [0.5, 0.6) is 0 Å². The second-order valence-corrected chi connectivity index (χ2v) is 6.95. The molecule has 1 N–H and O–H groups in total. The van der Waals surface area contributed by atoms with Crippen molar-refractivity contribution in [2.24, 2.45) is 0 Å². The molecule has 0 aliphatic heterocycles. The molecular weight excluding hydrogens is 315 g/mol. The Kier molecular flexibility index (Phi) is 4.83. The molecule has 6 heteroatoms. The summed E-state index contributed by atoms with van der Waals surface area (Å²) in [6.45, 7) is 5.32. The predicted molar refractivity (Wildman–Crippen MR) is 86.7 cm³/mol. The molecule has 0 heterocycles. The third kappa shape index (κ3) is 3.76. The number of hydrogen-bond donors (Lipinski definition) is 1. The van der Waals surface area contributed by atoms with Crippen LogP contribution in [-0.2, 0) is 9.09 Å². The first-order valence-electron chi connectivity index (χ1n) is 6.97. The predicted octanol–water partition coefficient (Wildman–Crippen LogP) is 3.79. The van der Waals surface area contributed by atoms with Gasteiger partial charge < -0.3 is 9.42 Å². The number of aryl methyl sites for hydroxylation is 3. The molecule has 0 aliphatic carbocycles. The van der Waals surface area contributed by atoms with Crippen LogP contribution in [0.2, 0.25) is 0 Å². The zero-order valence-corrected chi connectivity index (χ0v) is 14.0. The van der Waals surface area contributed by atoms with Gasteiger partial charge in [-0.25, -0.2) is 9.36 Å². The molecule has 2 rings (SSSR count). The first kappa shape index (κ1) is 17.1. The van der Waals surface area contributed by atoms with Gasteiger partial charge in [0.25, 0.3) is 5.52 Å². The lowest BCUT2D eigenvalue weighted by Crippen LogP contribution is -2.11. The molecule has 120 valence electrons. The molecule has 0 amide bonds. The van der Waals surface area contributed by atoms with Crippen LogP contribution in [0.1, 0.15) is 37.4 Å².